The Morgan fingerprint density at radius 2 is 1.69 bits per heavy atom. The summed E-state index contributed by atoms with van der Waals surface area (Å²) in [5.41, 5.74) is 5.51. The van der Waals surface area contributed by atoms with Crippen molar-refractivity contribution in [3.8, 4) is 0 Å². The lowest BCUT2D eigenvalue weighted by molar-refractivity contribution is -0.116. The first-order valence-corrected chi connectivity index (χ1v) is 11.4. The minimum absolute atomic E-state index is 0.105. The van der Waals surface area contributed by atoms with Crippen LogP contribution in [0.25, 0.3) is 11.0 Å². The molecule has 1 heterocycles. The summed E-state index contributed by atoms with van der Waals surface area (Å²) in [5, 5.41) is 4.15. The predicted octanol–water partition coefficient (Wildman–Crippen LogP) is 6.71. The average molecular weight is 410 g/mol. The van der Waals surface area contributed by atoms with Crippen LogP contribution in [0.3, 0.4) is 0 Å². The molecule has 0 unspecified atom stereocenters. The highest BCUT2D eigenvalue weighted by molar-refractivity contribution is 7.99. The van der Waals surface area contributed by atoms with Gasteiger partial charge in [0.2, 0.25) is 5.91 Å². The van der Waals surface area contributed by atoms with E-state index < -0.39 is 0 Å². The number of nitrogens with one attached hydrogen (secondary N) is 2. The van der Waals surface area contributed by atoms with Crippen LogP contribution < -0.4 is 5.32 Å². The van der Waals surface area contributed by atoms with Gasteiger partial charge in [-0.05, 0) is 47.9 Å². The minimum Gasteiger partial charge on any atom is -0.333 e. The molecular weight excluding hydrogens is 378 g/mol. The van der Waals surface area contributed by atoms with Crippen molar-refractivity contribution < 1.29 is 4.79 Å². The zero-order valence-corrected chi connectivity index (χ0v) is 18.6. The second-order valence-corrected chi connectivity index (χ2v) is 9.12. The summed E-state index contributed by atoms with van der Waals surface area (Å²) < 4.78 is 0. The number of rotatable bonds is 9. The number of carbonyl (C=O) groups excluding carboxylic acids is 1. The fourth-order valence-electron chi connectivity index (χ4n) is 3.45. The maximum absolute atomic E-state index is 12.6. The molecule has 4 nitrogen and oxygen atoms in total. The highest BCUT2D eigenvalue weighted by atomic mass is 32.2. The lowest BCUT2D eigenvalue weighted by atomic mass is 9.92. The van der Waals surface area contributed by atoms with Crippen molar-refractivity contribution in [3.05, 3.63) is 53.6 Å². The van der Waals surface area contributed by atoms with Crippen LogP contribution in [0.1, 0.15) is 69.9 Å². The summed E-state index contributed by atoms with van der Waals surface area (Å²) in [7, 11) is 0. The molecule has 1 amide bonds. The van der Waals surface area contributed by atoms with E-state index >= 15 is 0 Å². The van der Waals surface area contributed by atoms with Gasteiger partial charge in [-0.1, -0.05) is 69.8 Å². The summed E-state index contributed by atoms with van der Waals surface area (Å²) in [5.74, 6) is 1.81. The van der Waals surface area contributed by atoms with Gasteiger partial charge in [0.05, 0.1) is 11.0 Å². The Labute approximate surface area is 177 Å². The van der Waals surface area contributed by atoms with E-state index in [1.54, 1.807) is 11.8 Å². The van der Waals surface area contributed by atoms with Gasteiger partial charge >= 0.3 is 0 Å². The normalized spacial score (nSPS) is 11.5. The second-order valence-electron chi connectivity index (χ2n) is 8.03. The van der Waals surface area contributed by atoms with E-state index in [2.05, 4.69) is 61.2 Å². The van der Waals surface area contributed by atoms with Gasteiger partial charge in [0.1, 0.15) is 0 Å². The second kappa shape index (κ2) is 9.97. The van der Waals surface area contributed by atoms with Crippen LogP contribution in [0.4, 0.5) is 5.69 Å². The molecule has 0 bridgehead atoms. The molecule has 0 radical (unpaired) electrons. The maximum Gasteiger partial charge on any atom is 0.224 e. The molecule has 2 N–H and O–H groups in total. The van der Waals surface area contributed by atoms with Gasteiger partial charge in [-0.2, -0.15) is 0 Å². The first-order chi connectivity index (χ1) is 14.0. The summed E-state index contributed by atoms with van der Waals surface area (Å²) in [6.07, 6.45) is 2.41. The van der Waals surface area contributed by atoms with E-state index in [0.29, 0.717) is 18.3 Å². The molecule has 5 heteroatoms. The fraction of sp³-hybridized carbons (Fsp3) is 0.417. The molecule has 0 aliphatic rings. The van der Waals surface area contributed by atoms with Crippen molar-refractivity contribution >= 4 is 34.4 Å². The molecule has 0 aliphatic heterocycles. The van der Waals surface area contributed by atoms with E-state index in [1.165, 1.54) is 11.1 Å². The SMILES string of the molecule is CC(C)c1cccc(C(C)C)c1NC(=O)CCCCSc1nc2ccccc2[nH]1. The highest BCUT2D eigenvalue weighted by Crippen LogP contribution is 2.32. The number of anilines is 1. The van der Waals surface area contributed by atoms with Gasteiger partial charge in [0, 0.05) is 17.9 Å². The topological polar surface area (TPSA) is 57.8 Å². The molecule has 0 aliphatic carbocycles. The van der Waals surface area contributed by atoms with Gasteiger partial charge in [-0.15, -0.1) is 0 Å². The number of aromatic amines is 1. The van der Waals surface area contributed by atoms with Crippen LogP contribution in [0.15, 0.2) is 47.6 Å². The zero-order chi connectivity index (χ0) is 20.8. The van der Waals surface area contributed by atoms with Crippen LogP contribution >= 0.6 is 11.8 Å². The Balaban J connectivity index is 1.49. The maximum atomic E-state index is 12.6. The fourth-order valence-corrected chi connectivity index (χ4v) is 4.34. The van der Waals surface area contributed by atoms with E-state index in [9.17, 15) is 4.79 Å². The predicted molar refractivity (Wildman–Crippen MR) is 124 cm³/mol. The number of para-hydroxylation sites is 3. The molecule has 29 heavy (non-hydrogen) atoms. The average Bonchev–Trinajstić information content (AvgIpc) is 3.10. The summed E-state index contributed by atoms with van der Waals surface area (Å²) in [4.78, 5) is 20.5. The number of H-pyrrole nitrogens is 1. The van der Waals surface area contributed by atoms with Crippen molar-refractivity contribution in [2.24, 2.45) is 0 Å². The number of hydrogen-bond donors (Lipinski definition) is 2. The zero-order valence-electron chi connectivity index (χ0n) is 17.8. The Morgan fingerprint density at radius 1 is 1.00 bits per heavy atom. The van der Waals surface area contributed by atoms with Gasteiger partial charge in [0.25, 0.3) is 0 Å². The van der Waals surface area contributed by atoms with Crippen molar-refractivity contribution in [1.29, 1.82) is 0 Å². The summed E-state index contributed by atoms with van der Waals surface area (Å²) >= 11 is 1.72. The highest BCUT2D eigenvalue weighted by Gasteiger charge is 2.15. The van der Waals surface area contributed by atoms with Crippen LogP contribution in [0.2, 0.25) is 0 Å². The summed E-state index contributed by atoms with van der Waals surface area (Å²) in [6, 6.07) is 14.4. The molecule has 3 aromatic rings. The number of amides is 1. The lowest BCUT2D eigenvalue weighted by Crippen LogP contribution is -2.15. The monoisotopic (exact) mass is 409 g/mol. The van der Waals surface area contributed by atoms with Gasteiger partial charge in [-0.3, -0.25) is 4.79 Å². The van der Waals surface area contributed by atoms with E-state index in [-0.39, 0.29) is 5.91 Å². The Kier molecular flexibility index (Phi) is 7.37. The largest absolute Gasteiger partial charge is 0.333 e. The quantitative estimate of drug-likeness (QED) is 0.305. The van der Waals surface area contributed by atoms with Gasteiger partial charge in [0.15, 0.2) is 5.16 Å². The Hall–Kier alpha value is -2.27. The van der Waals surface area contributed by atoms with Crippen LogP contribution in [-0.2, 0) is 4.79 Å². The number of benzene rings is 2. The van der Waals surface area contributed by atoms with Gasteiger partial charge < -0.3 is 10.3 Å². The number of thioether (sulfide) groups is 1. The van der Waals surface area contributed by atoms with Crippen molar-refractivity contribution in [2.45, 2.75) is 63.9 Å². The number of nitrogens with zero attached hydrogens (tertiary/aromatic N) is 1. The molecule has 0 atom stereocenters. The minimum atomic E-state index is 0.105. The molecule has 0 saturated heterocycles. The molecule has 0 saturated carbocycles. The van der Waals surface area contributed by atoms with Crippen LogP contribution in [-0.4, -0.2) is 21.6 Å². The van der Waals surface area contributed by atoms with Crippen LogP contribution in [0, 0.1) is 0 Å². The van der Waals surface area contributed by atoms with E-state index in [4.69, 9.17) is 0 Å². The molecule has 1 aromatic heterocycles. The lowest BCUT2D eigenvalue weighted by Gasteiger charge is -2.20. The number of unbranched alkanes of at least 4 members (excludes halogenated alkanes) is 1. The number of hydrogen-bond acceptors (Lipinski definition) is 3. The van der Waals surface area contributed by atoms with E-state index in [1.807, 2.05) is 24.3 Å². The Morgan fingerprint density at radius 3 is 2.34 bits per heavy atom. The third-order valence-electron chi connectivity index (χ3n) is 5.04. The third-order valence-corrected chi connectivity index (χ3v) is 6.00. The third kappa shape index (κ3) is 5.63. The first-order valence-electron chi connectivity index (χ1n) is 10.5. The van der Waals surface area contributed by atoms with Crippen molar-refractivity contribution in [1.82, 2.24) is 9.97 Å². The smallest absolute Gasteiger partial charge is 0.224 e. The molecule has 0 spiro atoms. The molecule has 154 valence electrons. The molecule has 0 fully saturated rings. The number of imidazole rings is 1. The van der Waals surface area contributed by atoms with E-state index in [0.717, 1.165) is 40.5 Å². The van der Waals surface area contributed by atoms with Crippen molar-refractivity contribution in [3.63, 3.8) is 0 Å². The number of aromatic nitrogens is 2. The summed E-state index contributed by atoms with van der Waals surface area (Å²) in [6.45, 7) is 8.68. The molecule has 3 rings (SSSR count). The number of carbonyl (C=O) groups is 1. The number of fused-ring (bicyclic) bond motifs is 1. The van der Waals surface area contributed by atoms with Crippen molar-refractivity contribution in [2.75, 3.05) is 11.1 Å². The van der Waals surface area contributed by atoms with Gasteiger partial charge in [-0.25, -0.2) is 4.98 Å². The standard InChI is InChI=1S/C24H31N3OS/c1-16(2)18-10-9-11-19(17(3)4)23(18)27-22(28)14-7-8-15-29-24-25-20-12-5-6-13-21(20)26-24/h5-6,9-13,16-17H,7-8,14-15H2,1-4H3,(H,25,26)(H,27,28). The van der Waals surface area contributed by atoms with Crippen LogP contribution in [0.5, 0.6) is 0 Å². The Bertz CT molecular complexity index is 902. The molecule has 2 aromatic carbocycles. The first kappa shape index (κ1) is 21.4. The molecular formula is C24H31N3OS.